The summed E-state index contributed by atoms with van der Waals surface area (Å²) in [4.78, 5) is 12.0. The molecule has 0 aliphatic heterocycles. The fraction of sp³-hybridized carbons (Fsp3) is 0.125. The second-order valence-electron chi connectivity index (χ2n) is 4.78. The van der Waals surface area contributed by atoms with Gasteiger partial charge in [-0.3, -0.25) is 4.68 Å². The molecule has 0 saturated heterocycles. The molecule has 0 amide bonds. The summed E-state index contributed by atoms with van der Waals surface area (Å²) in [5.74, 6) is -0.850. The lowest BCUT2D eigenvalue weighted by molar-refractivity contribution is 0.0602. The summed E-state index contributed by atoms with van der Waals surface area (Å²) in [7, 11) is 1.30. The van der Waals surface area contributed by atoms with Crippen molar-refractivity contribution in [3.63, 3.8) is 0 Å². The van der Waals surface area contributed by atoms with Crippen LogP contribution in [0.15, 0.2) is 42.6 Å². The van der Waals surface area contributed by atoms with Gasteiger partial charge in [-0.15, -0.1) is 0 Å². The minimum absolute atomic E-state index is 0.260. The van der Waals surface area contributed by atoms with E-state index in [9.17, 15) is 9.18 Å². The normalized spacial score (nSPS) is 10.9. The van der Waals surface area contributed by atoms with Crippen molar-refractivity contribution in [1.82, 2.24) is 9.78 Å². The Morgan fingerprint density at radius 3 is 2.91 bits per heavy atom. The quantitative estimate of drug-likeness (QED) is 0.692. The van der Waals surface area contributed by atoms with Gasteiger partial charge in [0.1, 0.15) is 11.4 Å². The molecule has 0 spiro atoms. The topological polar surface area (TPSA) is 44.1 Å². The van der Waals surface area contributed by atoms with E-state index in [-0.39, 0.29) is 11.4 Å². The predicted octanol–water partition coefficient (Wildman–Crippen LogP) is 3.66. The van der Waals surface area contributed by atoms with Crippen molar-refractivity contribution in [2.24, 2.45) is 0 Å². The van der Waals surface area contributed by atoms with Gasteiger partial charge in [-0.2, -0.15) is 5.10 Å². The Kier molecular flexibility index (Phi) is 3.81. The Morgan fingerprint density at radius 1 is 1.36 bits per heavy atom. The van der Waals surface area contributed by atoms with Crippen LogP contribution in [-0.2, 0) is 11.3 Å². The van der Waals surface area contributed by atoms with Crippen molar-refractivity contribution in [3.05, 3.63) is 64.6 Å². The summed E-state index contributed by atoms with van der Waals surface area (Å²) < 4.78 is 19.7. The third-order valence-electron chi connectivity index (χ3n) is 3.36. The van der Waals surface area contributed by atoms with Crippen molar-refractivity contribution in [1.29, 1.82) is 0 Å². The summed E-state index contributed by atoms with van der Waals surface area (Å²) in [5.41, 5.74) is 1.57. The maximum Gasteiger partial charge on any atom is 0.341 e. The molecule has 1 aromatic heterocycles. The van der Waals surface area contributed by atoms with E-state index in [1.165, 1.54) is 19.2 Å². The predicted molar refractivity (Wildman–Crippen MR) is 81.6 cm³/mol. The first-order valence-corrected chi connectivity index (χ1v) is 6.94. The second kappa shape index (κ2) is 5.77. The number of rotatable bonds is 3. The largest absolute Gasteiger partial charge is 0.465 e. The third-order valence-corrected chi connectivity index (χ3v) is 3.68. The lowest BCUT2D eigenvalue weighted by atomic mass is 10.1. The van der Waals surface area contributed by atoms with Gasteiger partial charge in [0.05, 0.1) is 30.4 Å². The van der Waals surface area contributed by atoms with Crippen molar-refractivity contribution in [2.75, 3.05) is 7.11 Å². The van der Waals surface area contributed by atoms with Crippen molar-refractivity contribution < 1.29 is 13.9 Å². The van der Waals surface area contributed by atoms with Crippen LogP contribution in [0, 0.1) is 5.82 Å². The summed E-state index contributed by atoms with van der Waals surface area (Å²) in [6, 6.07) is 9.63. The van der Waals surface area contributed by atoms with Gasteiger partial charge in [-0.05, 0) is 29.8 Å². The van der Waals surface area contributed by atoms with Crippen molar-refractivity contribution >= 4 is 28.5 Å². The van der Waals surface area contributed by atoms with E-state index in [0.717, 1.165) is 10.9 Å². The van der Waals surface area contributed by atoms with Gasteiger partial charge in [0.15, 0.2) is 0 Å². The lowest BCUT2D eigenvalue weighted by Gasteiger charge is -2.09. The minimum atomic E-state index is -0.531. The summed E-state index contributed by atoms with van der Waals surface area (Å²) in [6.45, 7) is 0.325. The average molecular weight is 319 g/mol. The number of halogens is 2. The van der Waals surface area contributed by atoms with Crippen LogP contribution in [-0.4, -0.2) is 22.9 Å². The number of carbonyl (C=O) groups excluding carboxylic acids is 1. The number of fused-ring (bicyclic) bond motifs is 1. The Morgan fingerprint density at radius 2 is 2.18 bits per heavy atom. The van der Waals surface area contributed by atoms with E-state index >= 15 is 0 Å². The summed E-state index contributed by atoms with van der Waals surface area (Å²) in [6.07, 6.45) is 1.64. The van der Waals surface area contributed by atoms with E-state index in [2.05, 4.69) is 5.10 Å². The molecule has 0 fully saturated rings. The molecule has 0 atom stereocenters. The van der Waals surface area contributed by atoms with E-state index < -0.39 is 5.97 Å². The van der Waals surface area contributed by atoms with Gasteiger partial charge >= 0.3 is 5.97 Å². The van der Waals surface area contributed by atoms with Crippen LogP contribution in [0.2, 0.25) is 5.02 Å². The first kappa shape index (κ1) is 14.5. The molecule has 6 heteroatoms. The smallest absolute Gasteiger partial charge is 0.341 e. The molecule has 22 heavy (non-hydrogen) atoms. The molecule has 4 nitrogen and oxygen atoms in total. The van der Waals surface area contributed by atoms with Crippen LogP contribution >= 0.6 is 11.6 Å². The monoisotopic (exact) mass is 318 g/mol. The van der Waals surface area contributed by atoms with E-state index in [1.807, 2.05) is 0 Å². The van der Waals surface area contributed by atoms with Crippen LogP contribution in [0.4, 0.5) is 4.39 Å². The molecule has 0 radical (unpaired) electrons. The number of aromatic nitrogens is 2. The van der Waals surface area contributed by atoms with Gasteiger partial charge in [-0.1, -0.05) is 23.7 Å². The Bertz CT molecular complexity index is 860. The highest BCUT2D eigenvalue weighted by Crippen LogP contribution is 2.27. The van der Waals surface area contributed by atoms with Crippen LogP contribution in [0.5, 0.6) is 0 Å². The van der Waals surface area contributed by atoms with Crippen LogP contribution in [0.3, 0.4) is 0 Å². The molecular weight excluding hydrogens is 307 g/mol. The van der Waals surface area contributed by atoms with Crippen LogP contribution in [0.25, 0.3) is 10.9 Å². The van der Waals surface area contributed by atoms with Gasteiger partial charge in [0.2, 0.25) is 0 Å². The van der Waals surface area contributed by atoms with E-state index in [1.54, 1.807) is 35.1 Å². The van der Waals surface area contributed by atoms with Crippen molar-refractivity contribution in [2.45, 2.75) is 6.54 Å². The Labute approximate surface area is 131 Å². The zero-order chi connectivity index (χ0) is 15.7. The number of benzene rings is 2. The fourth-order valence-corrected chi connectivity index (χ4v) is 2.61. The maximum atomic E-state index is 13.3. The molecule has 0 unspecified atom stereocenters. The molecule has 0 bridgehead atoms. The van der Waals surface area contributed by atoms with Crippen LogP contribution < -0.4 is 0 Å². The maximum absolute atomic E-state index is 13.3. The Hall–Kier alpha value is -2.40. The first-order valence-electron chi connectivity index (χ1n) is 6.57. The zero-order valence-corrected chi connectivity index (χ0v) is 12.5. The number of hydrogen-bond acceptors (Lipinski definition) is 3. The SMILES string of the molecule is COC(=O)c1c(Cl)ccc2cnn(Cc3cccc(F)c3)c12. The highest BCUT2D eigenvalue weighted by Gasteiger charge is 2.19. The van der Waals surface area contributed by atoms with E-state index in [0.29, 0.717) is 17.1 Å². The number of esters is 1. The second-order valence-corrected chi connectivity index (χ2v) is 5.19. The van der Waals surface area contributed by atoms with Gasteiger partial charge in [0, 0.05) is 5.39 Å². The molecule has 1 heterocycles. The molecule has 0 aliphatic rings. The third kappa shape index (κ3) is 2.55. The van der Waals surface area contributed by atoms with Crippen molar-refractivity contribution in [3.8, 4) is 0 Å². The molecule has 0 saturated carbocycles. The fourth-order valence-electron chi connectivity index (χ4n) is 2.38. The molecular formula is C16H12ClFN2O2. The van der Waals surface area contributed by atoms with Crippen LogP contribution in [0.1, 0.15) is 15.9 Å². The molecule has 0 aliphatic carbocycles. The minimum Gasteiger partial charge on any atom is -0.465 e. The standard InChI is InChI=1S/C16H12ClFN2O2/c1-22-16(21)14-13(17)6-5-11-8-19-20(15(11)14)9-10-3-2-4-12(18)7-10/h2-8H,9H2,1H3. The highest BCUT2D eigenvalue weighted by atomic mass is 35.5. The molecule has 112 valence electrons. The number of methoxy groups -OCH3 is 1. The number of carbonyl (C=O) groups is 1. The van der Waals surface area contributed by atoms with Gasteiger partial charge in [-0.25, -0.2) is 9.18 Å². The molecule has 2 aromatic carbocycles. The number of ether oxygens (including phenoxy) is 1. The first-order chi connectivity index (χ1) is 10.6. The summed E-state index contributed by atoms with van der Waals surface area (Å²) in [5, 5.41) is 5.32. The zero-order valence-electron chi connectivity index (χ0n) is 11.7. The highest BCUT2D eigenvalue weighted by molar-refractivity contribution is 6.35. The number of nitrogens with zero attached hydrogens (tertiary/aromatic N) is 2. The number of hydrogen-bond donors (Lipinski definition) is 0. The molecule has 3 rings (SSSR count). The lowest BCUT2D eigenvalue weighted by Crippen LogP contribution is -2.08. The average Bonchev–Trinajstić information content (AvgIpc) is 2.89. The Balaban J connectivity index is 2.14. The molecule has 3 aromatic rings. The van der Waals surface area contributed by atoms with Gasteiger partial charge < -0.3 is 4.74 Å². The summed E-state index contributed by atoms with van der Waals surface area (Å²) >= 11 is 6.13. The van der Waals surface area contributed by atoms with Gasteiger partial charge in [0.25, 0.3) is 0 Å². The molecule has 0 N–H and O–H groups in total. The van der Waals surface area contributed by atoms with E-state index in [4.69, 9.17) is 16.3 Å².